The maximum absolute atomic E-state index is 13.0. The van der Waals surface area contributed by atoms with Crippen molar-refractivity contribution in [3.8, 4) is 0 Å². The lowest BCUT2D eigenvalue weighted by Gasteiger charge is -2.17. The smallest absolute Gasteiger partial charge is 0.262 e. The third-order valence-electron chi connectivity index (χ3n) is 5.56. The zero-order valence-corrected chi connectivity index (χ0v) is 18.2. The van der Waals surface area contributed by atoms with Crippen molar-refractivity contribution >= 4 is 21.6 Å². The van der Waals surface area contributed by atoms with Gasteiger partial charge in [-0.05, 0) is 62.9 Å². The molecule has 5 nitrogen and oxygen atoms in total. The second-order valence-electron chi connectivity index (χ2n) is 8.07. The minimum absolute atomic E-state index is 0.131. The monoisotopic (exact) mass is 414 g/mol. The summed E-state index contributed by atoms with van der Waals surface area (Å²) in [4.78, 5) is 12.9. The van der Waals surface area contributed by atoms with E-state index in [4.69, 9.17) is 0 Å². The minimum atomic E-state index is -3.80. The van der Waals surface area contributed by atoms with Crippen LogP contribution in [-0.4, -0.2) is 20.4 Å². The largest absolute Gasteiger partial charge is 0.349 e. The van der Waals surface area contributed by atoms with Crippen LogP contribution in [-0.2, 0) is 10.0 Å². The number of sulfonamides is 1. The Morgan fingerprint density at radius 2 is 1.59 bits per heavy atom. The normalized spacial score (nSPS) is 15.6. The molecule has 0 radical (unpaired) electrons. The molecular formula is C23H30N2O3S. The highest BCUT2D eigenvalue weighted by molar-refractivity contribution is 7.92. The van der Waals surface area contributed by atoms with Crippen molar-refractivity contribution in [1.29, 1.82) is 0 Å². The van der Waals surface area contributed by atoms with Crippen LogP contribution in [0.1, 0.15) is 65.6 Å². The number of nitrogens with one attached hydrogen (secondary N) is 2. The molecular weight excluding hydrogens is 384 g/mol. The molecule has 3 rings (SSSR count). The molecule has 1 aliphatic carbocycles. The fraction of sp³-hybridized carbons (Fsp3) is 0.435. The standard InChI is InChI=1S/C23H30N2O3S/c1-16-10-13-21(18(3)14-16)25-29(27,28)22-15-19(12-11-17(22)2)23(26)24-20-8-6-4-5-7-9-20/h10-15,20,25H,4-9H2,1-3H3,(H,24,26). The number of anilines is 1. The molecule has 6 heteroatoms. The molecule has 2 aromatic carbocycles. The number of hydrogen-bond acceptors (Lipinski definition) is 3. The molecule has 0 saturated heterocycles. The minimum Gasteiger partial charge on any atom is -0.349 e. The summed E-state index contributed by atoms with van der Waals surface area (Å²) in [6.07, 6.45) is 6.64. The first-order chi connectivity index (χ1) is 13.8. The second-order valence-corrected chi connectivity index (χ2v) is 9.72. The fourth-order valence-corrected chi connectivity index (χ4v) is 5.25. The van der Waals surface area contributed by atoms with E-state index in [0.29, 0.717) is 16.8 Å². The van der Waals surface area contributed by atoms with Gasteiger partial charge in [0.2, 0.25) is 0 Å². The zero-order valence-electron chi connectivity index (χ0n) is 17.4. The number of amides is 1. The summed E-state index contributed by atoms with van der Waals surface area (Å²) in [5.41, 5.74) is 3.45. The van der Waals surface area contributed by atoms with E-state index >= 15 is 0 Å². The van der Waals surface area contributed by atoms with Gasteiger partial charge < -0.3 is 5.32 Å². The lowest BCUT2D eigenvalue weighted by atomic mass is 10.1. The summed E-state index contributed by atoms with van der Waals surface area (Å²) in [5, 5.41) is 3.08. The Hall–Kier alpha value is -2.34. The van der Waals surface area contributed by atoms with Crippen LogP contribution in [0.15, 0.2) is 41.3 Å². The number of rotatable bonds is 5. The Balaban J connectivity index is 1.82. The molecule has 1 aliphatic rings. The van der Waals surface area contributed by atoms with Crippen molar-refractivity contribution in [3.63, 3.8) is 0 Å². The molecule has 0 atom stereocenters. The van der Waals surface area contributed by atoms with Gasteiger partial charge in [0.25, 0.3) is 15.9 Å². The van der Waals surface area contributed by atoms with E-state index in [1.165, 1.54) is 18.9 Å². The van der Waals surface area contributed by atoms with Gasteiger partial charge in [-0.25, -0.2) is 8.42 Å². The number of benzene rings is 2. The first-order valence-corrected chi connectivity index (χ1v) is 11.8. The Bertz CT molecular complexity index is 991. The average Bonchev–Trinajstić information content (AvgIpc) is 2.93. The predicted octanol–water partition coefficient (Wildman–Crippen LogP) is 4.87. The maximum atomic E-state index is 13.0. The van der Waals surface area contributed by atoms with Crippen LogP contribution in [0.3, 0.4) is 0 Å². The lowest BCUT2D eigenvalue weighted by molar-refractivity contribution is 0.0933. The number of carbonyl (C=O) groups is 1. The molecule has 0 heterocycles. The van der Waals surface area contributed by atoms with Crippen molar-refractivity contribution in [1.82, 2.24) is 5.32 Å². The zero-order chi connectivity index (χ0) is 21.0. The highest BCUT2D eigenvalue weighted by Crippen LogP contribution is 2.24. The predicted molar refractivity (Wildman–Crippen MR) is 117 cm³/mol. The van der Waals surface area contributed by atoms with E-state index < -0.39 is 10.0 Å². The molecule has 1 fully saturated rings. The van der Waals surface area contributed by atoms with Crippen molar-refractivity contribution < 1.29 is 13.2 Å². The second kappa shape index (κ2) is 8.99. The van der Waals surface area contributed by atoms with E-state index in [2.05, 4.69) is 10.0 Å². The molecule has 156 valence electrons. The van der Waals surface area contributed by atoms with Gasteiger partial charge in [-0.15, -0.1) is 0 Å². The van der Waals surface area contributed by atoms with Crippen LogP contribution >= 0.6 is 0 Å². The molecule has 2 aromatic rings. The molecule has 0 aliphatic heterocycles. The topological polar surface area (TPSA) is 75.3 Å². The van der Waals surface area contributed by atoms with Gasteiger partial charge in [-0.3, -0.25) is 9.52 Å². The van der Waals surface area contributed by atoms with E-state index in [9.17, 15) is 13.2 Å². The van der Waals surface area contributed by atoms with E-state index in [1.54, 1.807) is 25.1 Å². The Labute approximate surface area is 174 Å². The van der Waals surface area contributed by atoms with Gasteiger partial charge in [-0.1, -0.05) is 49.4 Å². The summed E-state index contributed by atoms with van der Waals surface area (Å²) in [7, 11) is -3.80. The molecule has 1 amide bonds. The molecule has 0 unspecified atom stereocenters. The first-order valence-electron chi connectivity index (χ1n) is 10.3. The number of aryl methyl sites for hydroxylation is 3. The van der Waals surface area contributed by atoms with E-state index in [0.717, 1.165) is 36.8 Å². The average molecular weight is 415 g/mol. The summed E-state index contributed by atoms with van der Waals surface area (Å²) in [6.45, 7) is 5.57. The van der Waals surface area contributed by atoms with Crippen molar-refractivity contribution in [2.45, 2.75) is 70.2 Å². The van der Waals surface area contributed by atoms with Crippen molar-refractivity contribution in [2.75, 3.05) is 4.72 Å². The fourth-order valence-electron chi connectivity index (χ4n) is 3.85. The summed E-state index contributed by atoms with van der Waals surface area (Å²) in [6, 6.07) is 10.6. The van der Waals surface area contributed by atoms with Crippen molar-refractivity contribution in [2.24, 2.45) is 0 Å². The molecule has 0 spiro atoms. The van der Waals surface area contributed by atoms with Crippen LogP contribution in [0, 0.1) is 20.8 Å². The molecule has 29 heavy (non-hydrogen) atoms. The molecule has 0 aromatic heterocycles. The van der Waals surface area contributed by atoms with Crippen LogP contribution in [0.4, 0.5) is 5.69 Å². The van der Waals surface area contributed by atoms with Gasteiger partial charge >= 0.3 is 0 Å². The number of carbonyl (C=O) groups excluding carboxylic acids is 1. The van der Waals surface area contributed by atoms with Gasteiger partial charge in [0, 0.05) is 11.6 Å². The Morgan fingerprint density at radius 3 is 2.24 bits per heavy atom. The summed E-state index contributed by atoms with van der Waals surface area (Å²) in [5.74, 6) is -0.208. The van der Waals surface area contributed by atoms with Crippen molar-refractivity contribution in [3.05, 3.63) is 58.7 Å². The van der Waals surface area contributed by atoms with Gasteiger partial charge in [0.15, 0.2) is 0 Å². The van der Waals surface area contributed by atoms with Crippen LogP contribution in [0.2, 0.25) is 0 Å². The summed E-state index contributed by atoms with van der Waals surface area (Å²) < 4.78 is 28.7. The molecule has 1 saturated carbocycles. The third kappa shape index (κ3) is 5.38. The highest BCUT2D eigenvalue weighted by Gasteiger charge is 2.21. The number of hydrogen-bond donors (Lipinski definition) is 2. The molecule has 2 N–H and O–H groups in total. The summed E-state index contributed by atoms with van der Waals surface area (Å²) >= 11 is 0. The Kier molecular flexibility index (Phi) is 6.63. The SMILES string of the molecule is Cc1ccc(NS(=O)(=O)c2cc(C(=O)NC3CCCCCC3)ccc2C)c(C)c1. The van der Waals surface area contributed by atoms with Gasteiger partial charge in [0.1, 0.15) is 0 Å². The quantitative estimate of drug-likeness (QED) is 0.686. The lowest BCUT2D eigenvalue weighted by Crippen LogP contribution is -2.34. The third-order valence-corrected chi connectivity index (χ3v) is 7.06. The van der Waals surface area contributed by atoms with Crippen LogP contribution in [0.5, 0.6) is 0 Å². The van der Waals surface area contributed by atoms with Gasteiger partial charge in [0.05, 0.1) is 10.6 Å². The molecule has 0 bridgehead atoms. The van der Waals surface area contributed by atoms with Crippen LogP contribution < -0.4 is 10.0 Å². The van der Waals surface area contributed by atoms with E-state index in [-0.39, 0.29) is 16.8 Å². The highest BCUT2D eigenvalue weighted by atomic mass is 32.2. The Morgan fingerprint density at radius 1 is 0.897 bits per heavy atom. The van der Waals surface area contributed by atoms with Crippen LogP contribution in [0.25, 0.3) is 0 Å². The van der Waals surface area contributed by atoms with Gasteiger partial charge in [-0.2, -0.15) is 0 Å². The van der Waals surface area contributed by atoms with E-state index in [1.807, 2.05) is 26.0 Å². The first kappa shape index (κ1) is 21.4. The maximum Gasteiger partial charge on any atom is 0.262 e.